The fourth-order valence-electron chi connectivity index (χ4n) is 2.58. The van der Waals surface area contributed by atoms with Crippen LogP contribution >= 0.6 is 11.6 Å². The van der Waals surface area contributed by atoms with Gasteiger partial charge in [-0.25, -0.2) is 5.43 Å². The first-order valence-electron chi connectivity index (χ1n) is 7.53. The van der Waals surface area contributed by atoms with Crippen molar-refractivity contribution in [3.8, 4) is 5.75 Å². The summed E-state index contributed by atoms with van der Waals surface area (Å²) in [5.41, 5.74) is 5.96. The third-order valence-corrected chi connectivity index (χ3v) is 3.93. The number of carbonyl (C=O) groups is 1. The Morgan fingerprint density at radius 2 is 2.09 bits per heavy atom. The molecule has 0 saturated heterocycles. The third-order valence-electron chi connectivity index (χ3n) is 3.69. The maximum absolute atomic E-state index is 11.7. The molecule has 1 amide bonds. The molecule has 0 heterocycles. The zero-order chi connectivity index (χ0) is 16.1. The molecule has 0 atom stereocenters. The first-order valence-corrected chi connectivity index (χ1v) is 7.90. The molecule has 23 heavy (non-hydrogen) atoms. The zero-order valence-electron chi connectivity index (χ0n) is 12.6. The monoisotopic (exact) mass is 328 g/mol. The Balaban J connectivity index is 1.48. The Morgan fingerprint density at radius 3 is 2.96 bits per heavy atom. The van der Waals surface area contributed by atoms with Crippen molar-refractivity contribution in [3.63, 3.8) is 0 Å². The van der Waals surface area contributed by atoms with E-state index >= 15 is 0 Å². The van der Waals surface area contributed by atoms with Crippen LogP contribution in [0.25, 0.3) is 0 Å². The second kappa shape index (κ2) is 7.29. The summed E-state index contributed by atoms with van der Waals surface area (Å²) in [7, 11) is 0. The summed E-state index contributed by atoms with van der Waals surface area (Å²) in [5.74, 6) is 0.420. The summed E-state index contributed by atoms with van der Waals surface area (Å²) >= 11 is 5.88. The predicted octanol–water partition coefficient (Wildman–Crippen LogP) is 3.36. The Bertz CT molecular complexity index is 744. The Labute approximate surface area is 140 Å². The molecule has 0 fully saturated rings. The molecule has 0 saturated carbocycles. The molecule has 1 N–H and O–H groups in total. The molecule has 4 nitrogen and oxygen atoms in total. The van der Waals surface area contributed by atoms with E-state index in [2.05, 4.69) is 16.6 Å². The number of nitrogens with one attached hydrogen (secondary N) is 1. The highest BCUT2D eigenvalue weighted by atomic mass is 35.5. The summed E-state index contributed by atoms with van der Waals surface area (Å²) in [6.45, 7) is -0.0638. The summed E-state index contributed by atoms with van der Waals surface area (Å²) in [4.78, 5) is 11.7. The number of fused-ring (bicyclic) bond motifs is 1. The number of halogens is 1. The number of aryl methyl sites for hydroxylation is 2. The number of nitrogens with zero attached hydrogens (tertiary/aromatic N) is 1. The van der Waals surface area contributed by atoms with Crippen LogP contribution in [0.2, 0.25) is 5.02 Å². The van der Waals surface area contributed by atoms with Gasteiger partial charge in [0.25, 0.3) is 5.91 Å². The second-order valence-electron chi connectivity index (χ2n) is 5.42. The van der Waals surface area contributed by atoms with Crippen LogP contribution in [0, 0.1) is 0 Å². The average Bonchev–Trinajstić information content (AvgIpc) is 3.00. The van der Waals surface area contributed by atoms with Gasteiger partial charge in [0, 0.05) is 5.02 Å². The first-order chi connectivity index (χ1) is 11.2. The molecule has 0 bridgehead atoms. The standard InChI is InChI=1S/C18H17ClN2O2/c19-16-6-1-3-13(9-16)11-20-21-18(22)12-23-17-8-7-14-4-2-5-15(14)10-17/h1,3,6-11H,2,4-5,12H2,(H,21,22)/b20-11+. The minimum Gasteiger partial charge on any atom is -0.484 e. The van der Waals surface area contributed by atoms with Crippen molar-refractivity contribution in [1.29, 1.82) is 0 Å². The van der Waals surface area contributed by atoms with E-state index in [0.717, 1.165) is 24.2 Å². The Hall–Kier alpha value is -2.33. The molecular weight excluding hydrogens is 312 g/mol. The molecule has 0 unspecified atom stereocenters. The topological polar surface area (TPSA) is 50.7 Å². The van der Waals surface area contributed by atoms with Gasteiger partial charge in [-0.05, 0) is 60.2 Å². The lowest BCUT2D eigenvalue weighted by Gasteiger charge is -2.07. The minimum absolute atomic E-state index is 0.0638. The fourth-order valence-corrected chi connectivity index (χ4v) is 2.78. The van der Waals surface area contributed by atoms with Gasteiger partial charge in [-0.15, -0.1) is 0 Å². The highest BCUT2D eigenvalue weighted by Crippen LogP contribution is 2.25. The molecule has 0 radical (unpaired) electrons. The van der Waals surface area contributed by atoms with Crippen molar-refractivity contribution >= 4 is 23.7 Å². The van der Waals surface area contributed by atoms with E-state index in [1.807, 2.05) is 24.3 Å². The van der Waals surface area contributed by atoms with Gasteiger partial charge in [0.1, 0.15) is 5.75 Å². The van der Waals surface area contributed by atoms with Crippen molar-refractivity contribution in [3.05, 3.63) is 64.2 Å². The molecule has 3 rings (SSSR count). The molecule has 5 heteroatoms. The minimum atomic E-state index is -0.302. The highest BCUT2D eigenvalue weighted by Gasteiger charge is 2.11. The third kappa shape index (κ3) is 4.33. The van der Waals surface area contributed by atoms with Gasteiger partial charge in [0.05, 0.1) is 6.21 Å². The average molecular weight is 329 g/mol. The Morgan fingerprint density at radius 1 is 1.22 bits per heavy atom. The van der Waals surface area contributed by atoms with Crippen LogP contribution < -0.4 is 10.2 Å². The molecular formula is C18H17ClN2O2. The smallest absolute Gasteiger partial charge is 0.277 e. The SMILES string of the molecule is O=C(COc1ccc2c(c1)CCC2)N/N=C/c1cccc(Cl)c1. The maximum Gasteiger partial charge on any atom is 0.277 e. The Kier molecular flexibility index (Phi) is 4.93. The van der Waals surface area contributed by atoms with Crippen molar-refractivity contribution < 1.29 is 9.53 Å². The normalized spacial score (nSPS) is 13.1. The van der Waals surface area contributed by atoms with E-state index in [-0.39, 0.29) is 12.5 Å². The highest BCUT2D eigenvalue weighted by molar-refractivity contribution is 6.30. The number of hydrogen-bond donors (Lipinski definition) is 1. The van der Waals surface area contributed by atoms with Gasteiger partial charge >= 0.3 is 0 Å². The molecule has 0 aliphatic heterocycles. The van der Waals surface area contributed by atoms with E-state index in [1.54, 1.807) is 18.3 Å². The van der Waals surface area contributed by atoms with Crippen LogP contribution in [0.4, 0.5) is 0 Å². The van der Waals surface area contributed by atoms with Crippen LogP contribution in [0.15, 0.2) is 47.6 Å². The number of hydrazone groups is 1. The summed E-state index contributed by atoms with van der Waals surface area (Å²) in [6, 6.07) is 13.2. The van der Waals surface area contributed by atoms with Gasteiger partial charge in [-0.3, -0.25) is 4.79 Å². The van der Waals surface area contributed by atoms with Gasteiger partial charge in [-0.1, -0.05) is 29.8 Å². The molecule has 0 spiro atoms. The number of amides is 1. The maximum atomic E-state index is 11.7. The lowest BCUT2D eigenvalue weighted by molar-refractivity contribution is -0.123. The van der Waals surface area contributed by atoms with Crippen molar-refractivity contribution in [2.75, 3.05) is 6.61 Å². The molecule has 1 aliphatic rings. The van der Waals surface area contributed by atoms with Crippen LogP contribution in [-0.4, -0.2) is 18.7 Å². The number of ether oxygens (including phenoxy) is 1. The number of benzene rings is 2. The quantitative estimate of drug-likeness (QED) is 0.676. The summed E-state index contributed by atoms with van der Waals surface area (Å²) in [5, 5.41) is 4.51. The van der Waals surface area contributed by atoms with Crippen LogP contribution in [0.5, 0.6) is 5.75 Å². The van der Waals surface area contributed by atoms with Gasteiger partial charge in [0.15, 0.2) is 6.61 Å². The van der Waals surface area contributed by atoms with E-state index in [9.17, 15) is 4.79 Å². The van der Waals surface area contributed by atoms with Crippen LogP contribution in [0.1, 0.15) is 23.1 Å². The van der Waals surface area contributed by atoms with E-state index in [4.69, 9.17) is 16.3 Å². The lowest BCUT2D eigenvalue weighted by atomic mass is 10.1. The molecule has 2 aromatic carbocycles. The van der Waals surface area contributed by atoms with Gasteiger partial charge < -0.3 is 4.74 Å². The van der Waals surface area contributed by atoms with E-state index < -0.39 is 0 Å². The van der Waals surface area contributed by atoms with E-state index in [0.29, 0.717) is 5.02 Å². The van der Waals surface area contributed by atoms with Gasteiger partial charge in [0.2, 0.25) is 0 Å². The first kappa shape index (κ1) is 15.6. The number of hydrogen-bond acceptors (Lipinski definition) is 3. The zero-order valence-corrected chi connectivity index (χ0v) is 13.3. The predicted molar refractivity (Wildman–Crippen MR) is 91.2 cm³/mol. The summed E-state index contributed by atoms with van der Waals surface area (Å²) in [6.07, 6.45) is 4.95. The van der Waals surface area contributed by atoms with Crippen LogP contribution in [-0.2, 0) is 17.6 Å². The molecule has 0 aromatic heterocycles. The van der Waals surface area contributed by atoms with E-state index in [1.165, 1.54) is 17.5 Å². The molecule has 2 aromatic rings. The molecule has 1 aliphatic carbocycles. The van der Waals surface area contributed by atoms with Crippen molar-refractivity contribution in [2.24, 2.45) is 5.10 Å². The lowest BCUT2D eigenvalue weighted by Crippen LogP contribution is -2.24. The second-order valence-corrected chi connectivity index (χ2v) is 5.86. The van der Waals surface area contributed by atoms with Crippen molar-refractivity contribution in [1.82, 2.24) is 5.43 Å². The van der Waals surface area contributed by atoms with Crippen LogP contribution in [0.3, 0.4) is 0 Å². The number of carbonyl (C=O) groups excluding carboxylic acids is 1. The largest absolute Gasteiger partial charge is 0.484 e. The fraction of sp³-hybridized carbons (Fsp3) is 0.222. The van der Waals surface area contributed by atoms with Gasteiger partial charge in [-0.2, -0.15) is 5.10 Å². The molecule has 118 valence electrons. The van der Waals surface area contributed by atoms with Crippen molar-refractivity contribution in [2.45, 2.75) is 19.3 Å². The summed E-state index contributed by atoms with van der Waals surface area (Å²) < 4.78 is 5.51. The number of rotatable bonds is 5.